The van der Waals surface area contributed by atoms with Crippen LogP contribution < -0.4 is 10.1 Å². The normalized spacial score (nSPS) is 22.6. The number of thiophene rings is 1. The van der Waals surface area contributed by atoms with E-state index in [1.807, 2.05) is 18.2 Å². The van der Waals surface area contributed by atoms with Crippen molar-refractivity contribution in [3.8, 4) is 5.75 Å². The van der Waals surface area contributed by atoms with Crippen LogP contribution in [-0.4, -0.2) is 13.2 Å². The van der Waals surface area contributed by atoms with Gasteiger partial charge >= 0.3 is 0 Å². The lowest BCUT2D eigenvalue weighted by Crippen LogP contribution is -2.41. The van der Waals surface area contributed by atoms with Gasteiger partial charge in [-0.25, -0.2) is 0 Å². The lowest BCUT2D eigenvalue weighted by molar-refractivity contribution is 0.272. The molecule has 1 aliphatic rings. The smallest absolute Gasteiger partial charge is 0.118 e. The maximum absolute atomic E-state index is 6.00. The standard InChI is InChI=1S/C17H20ClNOS/c1-11(16-7-8-17(18)21-16)19-14-9-13(10-14)12-3-5-15(20-2)6-4-12/h3-8,11,13-14,19H,9-10H2,1-2H3. The molecule has 1 aromatic heterocycles. The lowest BCUT2D eigenvalue weighted by atomic mass is 9.75. The zero-order valence-corrected chi connectivity index (χ0v) is 13.9. The highest BCUT2D eigenvalue weighted by Crippen LogP contribution is 2.39. The lowest BCUT2D eigenvalue weighted by Gasteiger charge is -2.38. The van der Waals surface area contributed by atoms with E-state index in [1.54, 1.807) is 18.4 Å². The summed E-state index contributed by atoms with van der Waals surface area (Å²) in [6, 6.07) is 13.5. The summed E-state index contributed by atoms with van der Waals surface area (Å²) < 4.78 is 6.07. The molecule has 0 saturated heterocycles. The van der Waals surface area contributed by atoms with Gasteiger partial charge in [0, 0.05) is 17.0 Å². The maximum Gasteiger partial charge on any atom is 0.118 e. The molecule has 21 heavy (non-hydrogen) atoms. The highest BCUT2D eigenvalue weighted by molar-refractivity contribution is 7.16. The van der Waals surface area contributed by atoms with Crippen molar-refractivity contribution in [3.63, 3.8) is 0 Å². The third-order valence-corrected chi connectivity index (χ3v) is 5.65. The van der Waals surface area contributed by atoms with Crippen LogP contribution in [0.4, 0.5) is 0 Å². The Hall–Kier alpha value is -1.03. The Labute approximate surface area is 135 Å². The van der Waals surface area contributed by atoms with Gasteiger partial charge in [0.15, 0.2) is 0 Å². The molecule has 1 fully saturated rings. The van der Waals surface area contributed by atoms with Crippen molar-refractivity contribution < 1.29 is 4.74 Å². The maximum atomic E-state index is 6.00. The third kappa shape index (κ3) is 3.42. The fourth-order valence-corrected chi connectivity index (χ4v) is 3.97. The Morgan fingerprint density at radius 2 is 1.90 bits per heavy atom. The van der Waals surface area contributed by atoms with E-state index < -0.39 is 0 Å². The zero-order chi connectivity index (χ0) is 14.8. The van der Waals surface area contributed by atoms with Gasteiger partial charge in [-0.05, 0) is 55.5 Å². The van der Waals surface area contributed by atoms with Crippen LogP contribution in [0.2, 0.25) is 4.34 Å². The molecule has 0 aliphatic heterocycles. The first-order chi connectivity index (χ1) is 10.2. The van der Waals surface area contributed by atoms with Crippen LogP contribution in [0.3, 0.4) is 0 Å². The van der Waals surface area contributed by atoms with Crippen molar-refractivity contribution >= 4 is 22.9 Å². The molecule has 0 spiro atoms. The number of hydrogen-bond donors (Lipinski definition) is 1. The summed E-state index contributed by atoms with van der Waals surface area (Å²) in [4.78, 5) is 1.31. The molecule has 1 heterocycles. The van der Waals surface area contributed by atoms with Crippen molar-refractivity contribution in [3.05, 3.63) is 51.2 Å². The van der Waals surface area contributed by atoms with Crippen LogP contribution in [0.1, 0.15) is 42.2 Å². The van der Waals surface area contributed by atoms with E-state index in [9.17, 15) is 0 Å². The minimum atomic E-state index is 0.379. The highest BCUT2D eigenvalue weighted by atomic mass is 35.5. The van der Waals surface area contributed by atoms with E-state index in [1.165, 1.54) is 23.3 Å². The van der Waals surface area contributed by atoms with Crippen LogP contribution in [0.25, 0.3) is 0 Å². The molecule has 1 aliphatic carbocycles. The topological polar surface area (TPSA) is 21.3 Å². The summed E-state index contributed by atoms with van der Waals surface area (Å²) >= 11 is 7.66. The van der Waals surface area contributed by atoms with Crippen molar-refractivity contribution in [1.82, 2.24) is 5.32 Å². The molecule has 112 valence electrons. The number of methoxy groups -OCH3 is 1. The fraction of sp³-hybridized carbons (Fsp3) is 0.412. The second-order valence-electron chi connectivity index (χ2n) is 5.67. The summed E-state index contributed by atoms with van der Waals surface area (Å²) in [5.41, 5.74) is 1.42. The Kier molecular flexibility index (Phi) is 4.53. The molecular formula is C17H20ClNOS. The largest absolute Gasteiger partial charge is 0.497 e. The Balaban J connectivity index is 1.51. The minimum absolute atomic E-state index is 0.379. The molecular weight excluding hydrogens is 302 g/mol. The molecule has 1 N–H and O–H groups in total. The molecule has 0 bridgehead atoms. The molecule has 3 rings (SSSR count). The van der Waals surface area contributed by atoms with Crippen LogP contribution in [0.15, 0.2) is 36.4 Å². The van der Waals surface area contributed by atoms with Gasteiger partial charge in [-0.15, -0.1) is 11.3 Å². The predicted molar refractivity (Wildman–Crippen MR) is 89.6 cm³/mol. The number of hydrogen-bond acceptors (Lipinski definition) is 3. The summed E-state index contributed by atoms with van der Waals surface area (Å²) in [5.74, 6) is 1.60. The first-order valence-electron chi connectivity index (χ1n) is 7.31. The summed E-state index contributed by atoms with van der Waals surface area (Å²) in [6.45, 7) is 2.21. The van der Waals surface area contributed by atoms with E-state index in [0.717, 1.165) is 10.1 Å². The second-order valence-corrected chi connectivity index (χ2v) is 7.42. The van der Waals surface area contributed by atoms with E-state index in [0.29, 0.717) is 18.0 Å². The van der Waals surface area contributed by atoms with Crippen LogP contribution in [0, 0.1) is 0 Å². The van der Waals surface area contributed by atoms with Crippen LogP contribution >= 0.6 is 22.9 Å². The highest BCUT2D eigenvalue weighted by Gasteiger charge is 2.31. The van der Waals surface area contributed by atoms with Crippen molar-refractivity contribution in [2.45, 2.75) is 37.8 Å². The summed E-state index contributed by atoms with van der Waals surface area (Å²) in [6.07, 6.45) is 2.41. The molecule has 2 nitrogen and oxygen atoms in total. The van der Waals surface area contributed by atoms with Gasteiger partial charge in [-0.2, -0.15) is 0 Å². The van der Waals surface area contributed by atoms with E-state index in [4.69, 9.17) is 16.3 Å². The van der Waals surface area contributed by atoms with Gasteiger partial charge in [0.25, 0.3) is 0 Å². The van der Waals surface area contributed by atoms with Gasteiger partial charge in [-0.3, -0.25) is 0 Å². The SMILES string of the molecule is COc1ccc(C2CC(NC(C)c3ccc(Cl)s3)C2)cc1. The number of ether oxygens (including phenoxy) is 1. The van der Waals surface area contributed by atoms with Crippen molar-refractivity contribution in [1.29, 1.82) is 0 Å². The molecule has 1 saturated carbocycles. The van der Waals surface area contributed by atoms with E-state index in [-0.39, 0.29) is 0 Å². The van der Waals surface area contributed by atoms with Gasteiger partial charge in [-0.1, -0.05) is 23.7 Å². The molecule has 1 atom stereocenters. The van der Waals surface area contributed by atoms with Gasteiger partial charge in [0.2, 0.25) is 0 Å². The van der Waals surface area contributed by atoms with E-state index >= 15 is 0 Å². The fourth-order valence-electron chi connectivity index (χ4n) is 2.90. The predicted octanol–water partition coefficient (Wildman–Crippen LogP) is 5.01. The quantitative estimate of drug-likeness (QED) is 0.836. The Bertz CT molecular complexity index is 589. The molecule has 0 amide bonds. The van der Waals surface area contributed by atoms with Crippen LogP contribution in [-0.2, 0) is 0 Å². The number of benzene rings is 1. The van der Waals surface area contributed by atoms with Gasteiger partial charge < -0.3 is 10.1 Å². The van der Waals surface area contributed by atoms with Crippen molar-refractivity contribution in [2.24, 2.45) is 0 Å². The van der Waals surface area contributed by atoms with E-state index in [2.05, 4.69) is 30.4 Å². The average Bonchev–Trinajstić information content (AvgIpc) is 2.89. The Morgan fingerprint density at radius 3 is 2.48 bits per heavy atom. The number of halogens is 1. The number of rotatable bonds is 5. The number of nitrogens with one attached hydrogen (secondary N) is 1. The minimum Gasteiger partial charge on any atom is -0.497 e. The molecule has 0 radical (unpaired) electrons. The van der Waals surface area contributed by atoms with Gasteiger partial charge in [0.1, 0.15) is 5.75 Å². The second kappa shape index (κ2) is 6.39. The van der Waals surface area contributed by atoms with Crippen LogP contribution in [0.5, 0.6) is 5.75 Å². The molecule has 1 aromatic carbocycles. The Morgan fingerprint density at radius 1 is 1.19 bits per heavy atom. The first kappa shape index (κ1) is 14.9. The summed E-state index contributed by atoms with van der Waals surface area (Å²) in [7, 11) is 1.70. The zero-order valence-electron chi connectivity index (χ0n) is 12.3. The van der Waals surface area contributed by atoms with Crippen molar-refractivity contribution in [2.75, 3.05) is 7.11 Å². The first-order valence-corrected chi connectivity index (χ1v) is 8.50. The third-order valence-electron chi connectivity index (χ3n) is 4.23. The molecule has 2 aromatic rings. The summed E-state index contributed by atoms with van der Waals surface area (Å²) in [5, 5.41) is 3.70. The average molecular weight is 322 g/mol. The molecule has 1 unspecified atom stereocenters. The monoisotopic (exact) mass is 321 g/mol. The van der Waals surface area contributed by atoms with Gasteiger partial charge in [0.05, 0.1) is 11.4 Å². The molecule has 4 heteroatoms.